The predicted molar refractivity (Wildman–Crippen MR) is 74.7 cm³/mol. The van der Waals surface area contributed by atoms with Crippen molar-refractivity contribution < 1.29 is 13.5 Å². The highest BCUT2D eigenvalue weighted by Gasteiger charge is 2.12. The minimum Gasteiger partial charge on any atom is -0.482 e. The first-order valence-corrected chi connectivity index (χ1v) is 6.58. The Hall–Kier alpha value is -1.76. The zero-order valence-corrected chi connectivity index (χ0v) is 12.5. The number of ether oxygens (including phenoxy) is 1. The van der Waals surface area contributed by atoms with E-state index in [0.29, 0.717) is 16.1 Å². The lowest BCUT2D eigenvalue weighted by Gasteiger charge is -2.09. The van der Waals surface area contributed by atoms with Crippen molar-refractivity contribution in [2.75, 3.05) is 12.4 Å². The molecule has 1 N–H and O–H groups in total. The molecule has 7 heteroatoms. The van der Waals surface area contributed by atoms with Gasteiger partial charge in [0.25, 0.3) is 0 Å². The first kappa shape index (κ1) is 14.6. The first-order valence-electron chi connectivity index (χ1n) is 5.79. The third-order valence-electron chi connectivity index (χ3n) is 2.47. The number of benzene rings is 1. The van der Waals surface area contributed by atoms with Crippen LogP contribution in [0.15, 0.2) is 22.7 Å². The van der Waals surface area contributed by atoms with Gasteiger partial charge < -0.3 is 10.1 Å². The van der Waals surface area contributed by atoms with E-state index in [2.05, 4.69) is 31.2 Å². The van der Waals surface area contributed by atoms with Gasteiger partial charge in [-0.1, -0.05) is 15.9 Å². The van der Waals surface area contributed by atoms with Gasteiger partial charge in [-0.05, 0) is 19.1 Å². The zero-order valence-electron chi connectivity index (χ0n) is 10.9. The first-order chi connectivity index (χ1) is 9.49. The van der Waals surface area contributed by atoms with Crippen molar-refractivity contribution >= 4 is 21.7 Å². The maximum absolute atomic E-state index is 13.5. The molecule has 20 heavy (non-hydrogen) atoms. The average molecular weight is 344 g/mol. The molecule has 0 bridgehead atoms. The monoisotopic (exact) mass is 343 g/mol. The molecular weight excluding hydrogens is 332 g/mol. The Bertz CT molecular complexity index is 637. The molecule has 0 aliphatic heterocycles. The second-order valence-corrected chi connectivity index (χ2v) is 4.96. The lowest BCUT2D eigenvalue weighted by atomic mass is 10.3. The molecule has 2 rings (SSSR count). The van der Waals surface area contributed by atoms with Gasteiger partial charge in [0.1, 0.15) is 12.4 Å². The molecule has 1 aromatic heterocycles. The summed E-state index contributed by atoms with van der Waals surface area (Å²) in [5.41, 5.74) is 0.754. The SMILES string of the molecule is CNc1cc(C)nc(COc2cc(Br)cc(F)c2F)n1. The van der Waals surface area contributed by atoms with Gasteiger partial charge in [0.05, 0.1) is 0 Å². The number of rotatable bonds is 4. The van der Waals surface area contributed by atoms with Crippen LogP contribution in [0, 0.1) is 18.6 Å². The van der Waals surface area contributed by atoms with Crippen molar-refractivity contribution in [3.63, 3.8) is 0 Å². The van der Waals surface area contributed by atoms with Crippen LogP contribution in [0.3, 0.4) is 0 Å². The van der Waals surface area contributed by atoms with E-state index in [4.69, 9.17) is 4.74 Å². The van der Waals surface area contributed by atoms with Gasteiger partial charge in [-0.15, -0.1) is 0 Å². The van der Waals surface area contributed by atoms with E-state index in [0.717, 1.165) is 11.8 Å². The lowest BCUT2D eigenvalue weighted by Crippen LogP contribution is -2.06. The fourth-order valence-corrected chi connectivity index (χ4v) is 2.01. The summed E-state index contributed by atoms with van der Waals surface area (Å²) in [4.78, 5) is 8.33. The normalized spacial score (nSPS) is 10.4. The molecule has 0 amide bonds. The topological polar surface area (TPSA) is 47.0 Å². The molecule has 0 fully saturated rings. The Kier molecular flexibility index (Phi) is 4.49. The molecule has 106 valence electrons. The van der Waals surface area contributed by atoms with Crippen LogP contribution in [0.4, 0.5) is 14.6 Å². The van der Waals surface area contributed by atoms with Gasteiger partial charge in [0.2, 0.25) is 5.82 Å². The van der Waals surface area contributed by atoms with E-state index in [9.17, 15) is 8.78 Å². The Morgan fingerprint density at radius 2 is 2.00 bits per heavy atom. The van der Waals surface area contributed by atoms with Crippen LogP contribution in [-0.4, -0.2) is 17.0 Å². The molecule has 0 saturated heterocycles. The second kappa shape index (κ2) is 6.13. The Labute approximate surface area is 123 Å². The average Bonchev–Trinajstić information content (AvgIpc) is 2.40. The van der Waals surface area contributed by atoms with Gasteiger partial charge in [-0.2, -0.15) is 4.39 Å². The maximum atomic E-state index is 13.5. The van der Waals surface area contributed by atoms with Crippen LogP contribution in [0.2, 0.25) is 0 Å². The highest BCUT2D eigenvalue weighted by Crippen LogP contribution is 2.25. The van der Waals surface area contributed by atoms with E-state index < -0.39 is 11.6 Å². The molecule has 0 aliphatic rings. The van der Waals surface area contributed by atoms with Crippen LogP contribution >= 0.6 is 15.9 Å². The number of anilines is 1. The van der Waals surface area contributed by atoms with Crippen molar-refractivity contribution in [3.8, 4) is 5.75 Å². The summed E-state index contributed by atoms with van der Waals surface area (Å²) in [6, 6.07) is 4.15. The fourth-order valence-electron chi connectivity index (χ4n) is 1.60. The van der Waals surface area contributed by atoms with Crippen LogP contribution in [-0.2, 0) is 6.61 Å². The standard InChI is InChI=1S/C13H12BrF2N3O/c1-7-3-11(17-2)19-12(18-7)6-20-10-5-8(14)4-9(15)13(10)16/h3-5H,6H2,1-2H3,(H,17,18,19). The van der Waals surface area contributed by atoms with Crippen molar-refractivity contribution in [1.82, 2.24) is 9.97 Å². The number of hydrogen-bond donors (Lipinski definition) is 1. The minimum atomic E-state index is -1.03. The summed E-state index contributed by atoms with van der Waals surface area (Å²) in [6.07, 6.45) is 0. The third-order valence-corrected chi connectivity index (χ3v) is 2.93. The van der Waals surface area contributed by atoms with Gasteiger partial charge in [-0.3, -0.25) is 0 Å². The summed E-state index contributed by atoms with van der Waals surface area (Å²) in [6.45, 7) is 1.76. The molecule has 0 unspecified atom stereocenters. The minimum absolute atomic E-state index is 0.0524. The second-order valence-electron chi connectivity index (χ2n) is 4.05. The fraction of sp³-hybridized carbons (Fsp3) is 0.231. The summed E-state index contributed by atoms with van der Waals surface area (Å²) in [7, 11) is 1.73. The van der Waals surface area contributed by atoms with E-state index in [1.165, 1.54) is 6.07 Å². The van der Waals surface area contributed by atoms with Gasteiger partial charge in [0, 0.05) is 23.3 Å². The van der Waals surface area contributed by atoms with Gasteiger partial charge in [-0.25, -0.2) is 14.4 Å². The number of aryl methyl sites for hydroxylation is 1. The molecule has 0 spiro atoms. The molecule has 0 saturated carbocycles. The predicted octanol–water partition coefficient (Wildman–Crippen LogP) is 3.45. The number of nitrogens with zero attached hydrogens (tertiary/aromatic N) is 2. The largest absolute Gasteiger partial charge is 0.482 e. The van der Waals surface area contributed by atoms with Crippen LogP contribution in [0.25, 0.3) is 0 Å². The highest BCUT2D eigenvalue weighted by molar-refractivity contribution is 9.10. The maximum Gasteiger partial charge on any atom is 0.200 e. The number of halogens is 3. The quantitative estimate of drug-likeness (QED) is 0.863. The van der Waals surface area contributed by atoms with Gasteiger partial charge in [0.15, 0.2) is 17.4 Å². The van der Waals surface area contributed by atoms with E-state index in [1.54, 1.807) is 13.1 Å². The van der Waals surface area contributed by atoms with Crippen LogP contribution < -0.4 is 10.1 Å². The highest BCUT2D eigenvalue weighted by atomic mass is 79.9. The van der Waals surface area contributed by atoms with Crippen molar-refractivity contribution in [2.24, 2.45) is 0 Å². The molecule has 2 aromatic rings. The molecule has 0 aliphatic carbocycles. The van der Waals surface area contributed by atoms with Crippen molar-refractivity contribution in [2.45, 2.75) is 13.5 Å². The smallest absolute Gasteiger partial charge is 0.200 e. The molecule has 0 atom stereocenters. The van der Waals surface area contributed by atoms with Crippen molar-refractivity contribution in [1.29, 1.82) is 0 Å². The number of aromatic nitrogens is 2. The Morgan fingerprint density at radius 1 is 1.25 bits per heavy atom. The molecular formula is C13H12BrF2N3O. The van der Waals surface area contributed by atoms with Crippen molar-refractivity contribution in [3.05, 3.63) is 45.8 Å². The molecule has 1 aromatic carbocycles. The zero-order chi connectivity index (χ0) is 14.7. The van der Waals surface area contributed by atoms with E-state index in [1.807, 2.05) is 6.92 Å². The summed E-state index contributed by atoms with van der Waals surface area (Å²) in [5.74, 6) is -1.18. The van der Waals surface area contributed by atoms with E-state index in [-0.39, 0.29) is 12.4 Å². The molecule has 0 radical (unpaired) electrons. The number of nitrogens with one attached hydrogen (secondary N) is 1. The van der Waals surface area contributed by atoms with E-state index >= 15 is 0 Å². The lowest BCUT2D eigenvalue weighted by molar-refractivity contribution is 0.275. The third kappa shape index (κ3) is 3.41. The summed E-state index contributed by atoms with van der Waals surface area (Å²) in [5, 5.41) is 2.89. The van der Waals surface area contributed by atoms with Crippen LogP contribution in [0.1, 0.15) is 11.5 Å². The summed E-state index contributed by atoms with van der Waals surface area (Å²) < 4.78 is 32.4. The Morgan fingerprint density at radius 3 is 2.70 bits per heavy atom. The Balaban J connectivity index is 2.19. The summed E-state index contributed by atoms with van der Waals surface area (Å²) >= 11 is 3.08. The van der Waals surface area contributed by atoms with Crippen LogP contribution in [0.5, 0.6) is 5.75 Å². The van der Waals surface area contributed by atoms with Gasteiger partial charge >= 0.3 is 0 Å². The number of hydrogen-bond acceptors (Lipinski definition) is 4. The molecule has 1 heterocycles. The molecule has 4 nitrogen and oxygen atoms in total.